The zero-order valence-electron chi connectivity index (χ0n) is 20.0. The van der Waals surface area contributed by atoms with Gasteiger partial charge in [0.1, 0.15) is 0 Å². The van der Waals surface area contributed by atoms with Crippen LogP contribution in [0.4, 0.5) is 0 Å². The van der Waals surface area contributed by atoms with E-state index in [1.807, 2.05) is 48.8 Å². The molecule has 2 aromatic heterocycles. The molecule has 0 aliphatic heterocycles. The van der Waals surface area contributed by atoms with E-state index in [9.17, 15) is 0 Å². The number of aromatic nitrogens is 2. The van der Waals surface area contributed by atoms with Crippen molar-refractivity contribution in [3.05, 3.63) is 126 Å². The van der Waals surface area contributed by atoms with E-state index in [0.29, 0.717) is 0 Å². The molecule has 0 saturated carbocycles. The molecule has 0 spiro atoms. The van der Waals surface area contributed by atoms with Crippen LogP contribution in [-0.4, -0.2) is 16.7 Å². The molecule has 0 N–H and O–H groups in total. The molecule has 0 amide bonds. The Morgan fingerprint density at radius 3 is 1.51 bits per heavy atom. The minimum atomic E-state index is -0.00655. The Morgan fingerprint density at radius 2 is 1.09 bits per heavy atom. The van der Waals surface area contributed by atoms with Crippen LogP contribution in [0.3, 0.4) is 0 Å². The zero-order valence-corrected chi connectivity index (χ0v) is 22.3. The molecular weight excluding hydrogens is 606 g/mol. The quantitative estimate of drug-likeness (QED) is 0.205. The van der Waals surface area contributed by atoms with E-state index >= 15 is 0 Å². The van der Waals surface area contributed by atoms with Gasteiger partial charge in [0.25, 0.3) is 0 Å². The van der Waals surface area contributed by atoms with Gasteiger partial charge >= 0.3 is 21.1 Å². The third kappa shape index (κ3) is 5.36. The molecule has 0 radical (unpaired) electrons. The summed E-state index contributed by atoms with van der Waals surface area (Å²) in [5.41, 5.74) is 11.2. The average Bonchev–Trinajstić information content (AvgIpc) is 2.87. The Bertz CT molecular complexity index is 1330. The largest absolute Gasteiger partial charge is 2.00 e. The number of hydrogen-bond donors (Lipinski definition) is 0. The maximum absolute atomic E-state index is 4.55. The van der Waals surface area contributed by atoms with E-state index < -0.39 is 0 Å². The van der Waals surface area contributed by atoms with Crippen molar-refractivity contribution in [3.63, 3.8) is 0 Å². The number of rotatable bonds is 5. The summed E-state index contributed by atoms with van der Waals surface area (Å²) in [5.74, 6) is 0. The molecule has 0 saturated heterocycles. The average molecular weight is 631 g/mol. The molecule has 0 bridgehead atoms. The van der Waals surface area contributed by atoms with Crippen LogP contribution in [0.25, 0.3) is 22.5 Å². The Balaban J connectivity index is 0.00000289. The second-order valence-electron chi connectivity index (χ2n) is 8.71. The topological polar surface area (TPSA) is 25.8 Å². The van der Waals surface area contributed by atoms with Gasteiger partial charge in [-0.05, 0) is 44.3 Å². The predicted molar refractivity (Wildman–Crippen MR) is 142 cm³/mol. The molecule has 2 nitrogen and oxygen atoms in total. The standard InChI is InChI=1S/C31H25BN2.Pt/c1-22-18-23(2)31(24(3)19-22)32(27-12-8-10-25(20-27)29-14-4-6-16-33-29)28-13-9-11-26(21-28)30-15-5-7-17-34-30;/h4-19H,1-3H3;/q-2;+2. The van der Waals surface area contributed by atoms with Gasteiger partial charge in [-0.2, -0.15) is 10.9 Å². The monoisotopic (exact) mass is 631 g/mol. The summed E-state index contributed by atoms with van der Waals surface area (Å²) < 4.78 is 0. The van der Waals surface area contributed by atoms with Crippen molar-refractivity contribution in [1.29, 1.82) is 0 Å². The maximum Gasteiger partial charge on any atom is 2.00 e. The van der Waals surface area contributed by atoms with Crippen molar-refractivity contribution in [3.8, 4) is 22.5 Å². The molecule has 0 atom stereocenters. The maximum atomic E-state index is 4.55. The van der Waals surface area contributed by atoms with E-state index in [0.717, 1.165) is 33.4 Å². The van der Waals surface area contributed by atoms with Gasteiger partial charge in [-0.1, -0.05) is 58.6 Å². The van der Waals surface area contributed by atoms with E-state index in [4.69, 9.17) is 0 Å². The van der Waals surface area contributed by atoms with Crippen LogP contribution >= 0.6 is 0 Å². The SMILES string of the molecule is Cc1cc(C)c(B(c2[c-]c(-c3ccccn3)ccc2)c2[c-]c(-c3ccccn3)ccc2)c(C)c1.[Pt+2]. The molecule has 35 heavy (non-hydrogen) atoms. The molecule has 4 heteroatoms. The number of nitrogens with zero attached hydrogens (tertiary/aromatic N) is 2. The van der Waals surface area contributed by atoms with Crippen molar-refractivity contribution in [2.24, 2.45) is 0 Å². The fraction of sp³-hybridized carbons (Fsp3) is 0.0968. The van der Waals surface area contributed by atoms with E-state index in [1.165, 1.54) is 22.2 Å². The molecule has 0 aliphatic carbocycles. The van der Waals surface area contributed by atoms with Crippen LogP contribution < -0.4 is 16.4 Å². The van der Waals surface area contributed by atoms with Gasteiger partial charge in [0.05, 0.1) is 0 Å². The molecule has 0 fully saturated rings. The molecule has 5 aromatic rings. The fourth-order valence-corrected chi connectivity index (χ4v) is 4.78. The number of aryl methyl sites for hydroxylation is 3. The Labute approximate surface area is 222 Å². The summed E-state index contributed by atoms with van der Waals surface area (Å²) in [6.45, 7) is 6.55. The summed E-state index contributed by atoms with van der Waals surface area (Å²) in [7, 11) is 0. The van der Waals surface area contributed by atoms with Crippen LogP contribution in [0.15, 0.2) is 97.3 Å². The zero-order chi connectivity index (χ0) is 23.5. The van der Waals surface area contributed by atoms with Crippen molar-refractivity contribution in [2.75, 3.05) is 0 Å². The summed E-state index contributed by atoms with van der Waals surface area (Å²) in [5, 5.41) is 0. The number of benzene rings is 3. The van der Waals surface area contributed by atoms with E-state index in [-0.39, 0.29) is 27.8 Å². The second kappa shape index (κ2) is 11.0. The third-order valence-corrected chi connectivity index (χ3v) is 6.17. The minimum absolute atomic E-state index is 0. The molecule has 2 heterocycles. The second-order valence-corrected chi connectivity index (χ2v) is 8.71. The molecule has 0 unspecified atom stereocenters. The number of hydrogen-bond acceptors (Lipinski definition) is 2. The Morgan fingerprint density at radius 1 is 0.600 bits per heavy atom. The van der Waals surface area contributed by atoms with Gasteiger partial charge in [-0.25, -0.2) is 0 Å². The van der Waals surface area contributed by atoms with E-state index in [2.05, 4.69) is 91.4 Å². The van der Waals surface area contributed by atoms with Gasteiger partial charge in [0.2, 0.25) is 6.71 Å². The predicted octanol–water partition coefficient (Wildman–Crippen LogP) is 4.85. The van der Waals surface area contributed by atoms with Crippen LogP contribution in [-0.2, 0) is 21.1 Å². The van der Waals surface area contributed by atoms with Crippen molar-refractivity contribution >= 4 is 23.1 Å². The smallest absolute Gasteiger partial charge is 0.305 e. The first-order valence-electron chi connectivity index (χ1n) is 11.5. The van der Waals surface area contributed by atoms with E-state index in [1.54, 1.807) is 0 Å². The van der Waals surface area contributed by atoms with Gasteiger partial charge in [-0.15, -0.1) is 59.7 Å². The Kier molecular flexibility index (Phi) is 7.78. The fourth-order valence-electron chi connectivity index (χ4n) is 4.78. The third-order valence-electron chi connectivity index (χ3n) is 6.17. The van der Waals surface area contributed by atoms with Crippen LogP contribution in [0.1, 0.15) is 16.7 Å². The van der Waals surface area contributed by atoms with Gasteiger partial charge < -0.3 is 9.97 Å². The first-order chi connectivity index (χ1) is 16.6. The Hall–Kier alpha value is -3.29. The summed E-state index contributed by atoms with van der Waals surface area (Å²) in [6, 6.07) is 36.5. The first kappa shape index (κ1) is 24.8. The van der Waals surface area contributed by atoms with Crippen LogP contribution in [0.2, 0.25) is 0 Å². The van der Waals surface area contributed by atoms with Crippen molar-refractivity contribution in [2.45, 2.75) is 20.8 Å². The van der Waals surface area contributed by atoms with Crippen LogP contribution in [0, 0.1) is 32.9 Å². The van der Waals surface area contributed by atoms with Gasteiger partial charge in [-0.3, -0.25) is 0 Å². The molecule has 3 aromatic carbocycles. The van der Waals surface area contributed by atoms with Crippen molar-refractivity contribution < 1.29 is 21.1 Å². The minimum Gasteiger partial charge on any atom is -0.305 e. The first-order valence-corrected chi connectivity index (χ1v) is 11.5. The normalized spacial score (nSPS) is 10.5. The summed E-state index contributed by atoms with van der Waals surface area (Å²) in [6.07, 6.45) is 3.65. The molecule has 5 rings (SSSR count). The summed E-state index contributed by atoms with van der Waals surface area (Å²) >= 11 is 0. The van der Waals surface area contributed by atoms with Gasteiger partial charge in [0.15, 0.2) is 0 Å². The molecule has 172 valence electrons. The molecule has 0 aliphatic rings. The van der Waals surface area contributed by atoms with Gasteiger partial charge in [0, 0.05) is 12.4 Å². The van der Waals surface area contributed by atoms with Crippen LogP contribution in [0.5, 0.6) is 0 Å². The number of pyridine rings is 2. The summed E-state index contributed by atoms with van der Waals surface area (Å²) in [4.78, 5) is 9.10. The molecular formula is C31H25BN2Pt. The van der Waals surface area contributed by atoms with Crippen molar-refractivity contribution in [1.82, 2.24) is 9.97 Å².